The zero-order valence-corrected chi connectivity index (χ0v) is 12.7. The number of nitriles is 1. The van der Waals surface area contributed by atoms with Gasteiger partial charge in [0.05, 0.1) is 12.5 Å². The zero-order chi connectivity index (χ0) is 14.1. The summed E-state index contributed by atoms with van der Waals surface area (Å²) in [6.45, 7) is 3.09. The molecule has 0 saturated heterocycles. The van der Waals surface area contributed by atoms with Crippen LogP contribution in [0.2, 0.25) is 0 Å². The van der Waals surface area contributed by atoms with Crippen LogP contribution in [0.25, 0.3) is 21.8 Å². The molecule has 2 aromatic carbocycles. The van der Waals surface area contributed by atoms with E-state index in [0.717, 1.165) is 12.1 Å². The Morgan fingerprint density at radius 2 is 1.86 bits per heavy atom. The largest absolute Gasteiger partial charge is 0.341 e. The van der Waals surface area contributed by atoms with Gasteiger partial charge in [-0.05, 0) is 30.7 Å². The molecule has 0 unspecified atom stereocenters. The highest BCUT2D eigenvalue weighted by Gasteiger charge is 2.12. The highest BCUT2D eigenvalue weighted by molar-refractivity contribution is 6.08. The van der Waals surface area contributed by atoms with Crippen LogP contribution in [-0.4, -0.2) is 4.57 Å². The lowest BCUT2D eigenvalue weighted by Gasteiger charge is -2.08. The van der Waals surface area contributed by atoms with E-state index in [0.29, 0.717) is 6.42 Å². The first-order valence-electron chi connectivity index (χ1n) is 6.89. The molecule has 1 aromatic heterocycles. The summed E-state index contributed by atoms with van der Waals surface area (Å²) in [5.41, 5.74) is 9.55. The number of para-hydroxylation sites is 1. The van der Waals surface area contributed by atoms with Crippen molar-refractivity contribution in [3.8, 4) is 6.07 Å². The van der Waals surface area contributed by atoms with E-state index < -0.39 is 0 Å². The van der Waals surface area contributed by atoms with E-state index in [4.69, 9.17) is 11.0 Å². The number of hydrogen-bond acceptors (Lipinski definition) is 2. The third-order valence-corrected chi connectivity index (χ3v) is 3.85. The fourth-order valence-corrected chi connectivity index (χ4v) is 2.86. The van der Waals surface area contributed by atoms with Gasteiger partial charge in [0.2, 0.25) is 0 Å². The Balaban J connectivity index is 0.00000161. The van der Waals surface area contributed by atoms with Crippen LogP contribution in [-0.2, 0) is 6.54 Å². The summed E-state index contributed by atoms with van der Waals surface area (Å²) in [7, 11) is 0. The molecule has 3 nitrogen and oxygen atoms in total. The van der Waals surface area contributed by atoms with Crippen LogP contribution in [0.4, 0.5) is 0 Å². The lowest BCUT2D eigenvalue weighted by atomic mass is 10.0. The summed E-state index contributed by atoms with van der Waals surface area (Å²) >= 11 is 0. The van der Waals surface area contributed by atoms with Gasteiger partial charge in [-0.15, -0.1) is 12.4 Å². The number of aromatic nitrogens is 1. The molecule has 2 N–H and O–H groups in total. The first kappa shape index (κ1) is 15.4. The number of rotatable bonds is 3. The lowest BCUT2D eigenvalue weighted by Crippen LogP contribution is -2.08. The van der Waals surface area contributed by atoms with Crippen molar-refractivity contribution >= 4 is 34.2 Å². The molecule has 21 heavy (non-hydrogen) atoms. The molecule has 0 fully saturated rings. The van der Waals surface area contributed by atoms with Gasteiger partial charge < -0.3 is 10.3 Å². The minimum absolute atomic E-state index is 0. The summed E-state index contributed by atoms with van der Waals surface area (Å²) in [6, 6.07) is 16.6. The second-order valence-electron chi connectivity index (χ2n) is 5.01. The van der Waals surface area contributed by atoms with Gasteiger partial charge in [0, 0.05) is 34.4 Å². The number of fused-ring (bicyclic) bond motifs is 3. The predicted octanol–water partition coefficient (Wildman–Crippen LogP) is 4.15. The van der Waals surface area contributed by atoms with Gasteiger partial charge in [0.25, 0.3) is 0 Å². The molecule has 3 aromatic rings. The molecule has 0 spiro atoms. The third-order valence-electron chi connectivity index (χ3n) is 3.85. The van der Waals surface area contributed by atoms with Crippen molar-refractivity contribution in [2.75, 3.05) is 0 Å². The predicted molar refractivity (Wildman–Crippen MR) is 89.5 cm³/mol. The Morgan fingerprint density at radius 3 is 2.57 bits per heavy atom. The highest BCUT2D eigenvalue weighted by atomic mass is 35.5. The van der Waals surface area contributed by atoms with Crippen LogP contribution < -0.4 is 5.73 Å². The molecule has 0 bridgehead atoms. The third kappa shape index (κ3) is 2.49. The smallest absolute Gasteiger partial charge is 0.0641 e. The Kier molecular flexibility index (Phi) is 4.52. The van der Waals surface area contributed by atoms with Crippen LogP contribution in [0, 0.1) is 11.3 Å². The van der Waals surface area contributed by atoms with E-state index in [1.54, 1.807) is 0 Å². The molecule has 0 saturated carbocycles. The molecule has 0 aliphatic carbocycles. The Morgan fingerprint density at radius 1 is 1.14 bits per heavy atom. The average Bonchev–Trinajstić information content (AvgIpc) is 2.80. The maximum absolute atomic E-state index is 8.79. The minimum Gasteiger partial charge on any atom is -0.341 e. The fourth-order valence-electron chi connectivity index (χ4n) is 2.86. The van der Waals surface area contributed by atoms with E-state index in [1.807, 2.05) is 6.07 Å². The van der Waals surface area contributed by atoms with Gasteiger partial charge in [-0.25, -0.2) is 0 Å². The number of benzene rings is 2. The number of hydrogen-bond donors (Lipinski definition) is 1. The lowest BCUT2D eigenvalue weighted by molar-refractivity contribution is 0.749. The van der Waals surface area contributed by atoms with E-state index >= 15 is 0 Å². The first-order chi connectivity index (χ1) is 9.76. The van der Waals surface area contributed by atoms with Crippen molar-refractivity contribution in [1.29, 1.82) is 5.26 Å². The van der Waals surface area contributed by atoms with Crippen molar-refractivity contribution < 1.29 is 0 Å². The topological polar surface area (TPSA) is 54.7 Å². The minimum atomic E-state index is -0.215. The van der Waals surface area contributed by atoms with Crippen LogP contribution >= 0.6 is 12.4 Å². The summed E-state index contributed by atoms with van der Waals surface area (Å²) in [5.74, 6) is 0. The number of halogens is 1. The van der Waals surface area contributed by atoms with Gasteiger partial charge >= 0.3 is 0 Å². The molecule has 4 heteroatoms. The summed E-state index contributed by atoms with van der Waals surface area (Å²) < 4.78 is 2.31. The standard InChI is InChI=1S/C17H17N3.ClH/c1-2-20-16-6-4-3-5-13(16)14-11-12(7-8-17(14)20)15(19)9-10-18;/h3-8,11,15H,2,9,19H2,1H3;1H/t15-;/m0./s1. The Bertz CT molecular complexity index is 814. The van der Waals surface area contributed by atoms with Gasteiger partial charge in [-0.2, -0.15) is 5.26 Å². The molecule has 0 aliphatic heterocycles. The van der Waals surface area contributed by atoms with E-state index in [-0.39, 0.29) is 18.4 Å². The molecule has 0 radical (unpaired) electrons. The Hall–Kier alpha value is -2.02. The van der Waals surface area contributed by atoms with Crippen LogP contribution in [0.5, 0.6) is 0 Å². The maximum atomic E-state index is 8.79. The van der Waals surface area contributed by atoms with Crippen LogP contribution in [0.3, 0.4) is 0 Å². The maximum Gasteiger partial charge on any atom is 0.0641 e. The second kappa shape index (κ2) is 6.17. The second-order valence-corrected chi connectivity index (χ2v) is 5.01. The number of aryl methyl sites for hydroxylation is 1. The van der Waals surface area contributed by atoms with Crippen molar-refractivity contribution in [3.05, 3.63) is 48.0 Å². The highest BCUT2D eigenvalue weighted by Crippen LogP contribution is 2.31. The summed E-state index contributed by atoms with van der Waals surface area (Å²) in [4.78, 5) is 0. The van der Waals surface area contributed by atoms with Crippen LogP contribution in [0.1, 0.15) is 24.9 Å². The zero-order valence-electron chi connectivity index (χ0n) is 11.9. The van der Waals surface area contributed by atoms with Crippen molar-refractivity contribution in [2.24, 2.45) is 5.73 Å². The molecule has 108 valence electrons. The summed E-state index contributed by atoms with van der Waals surface area (Å²) in [6.07, 6.45) is 0.345. The van der Waals surface area contributed by atoms with Gasteiger partial charge in [-0.1, -0.05) is 24.3 Å². The number of nitrogens with two attached hydrogens (primary N) is 1. The molecular weight excluding hydrogens is 282 g/mol. The normalized spacial score (nSPS) is 12.0. The van der Waals surface area contributed by atoms with E-state index in [2.05, 4.69) is 54.0 Å². The van der Waals surface area contributed by atoms with E-state index in [1.165, 1.54) is 21.8 Å². The van der Waals surface area contributed by atoms with Crippen molar-refractivity contribution in [2.45, 2.75) is 25.9 Å². The van der Waals surface area contributed by atoms with Gasteiger partial charge in [-0.3, -0.25) is 0 Å². The Labute approximate surface area is 130 Å². The van der Waals surface area contributed by atoms with Gasteiger partial charge in [0.15, 0.2) is 0 Å². The average molecular weight is 300 g/mol. The molecule has 1 atom stereocenters. The molecule has 1 heterocycles. The molecule has 0 amide bonds. The van der Waals surface area contributed by atoms with Gasteiger partial charge in [0.1, 0.15) is 0 Å². The monoisotopic (exact) mass is 299 g/mol. The summed E-state index contributed by atoms with van der Waals surface area (Å²) in [5, 5.41) is 11.3. The quantitative estimate of drug-likeness (QED) is 0.790. The number of nitrogens with zero attached hydrogens (tertiary/aromatic N) is 2. The van der Waals surface area contributed by atoms with Crippen LogP contribution in [0.15, 0.2) is 42.5 Å². The first-order valence-corrected chi connectivity index (χ1v) is 6.89. The fraction of sp³-hybridized carbons (Fsp3) is 0.235. The van der Waals surface area contributed by atoms with Crippen molar-refractivity contribution in [1.82, 2.24) is 4.57 Å². The van der Waals surface area contributed by atoms with Crippen molar-refractivity contribution in [3.63, 3.8) is 0 Å². The molecule has 0 aliphatic rings. The SMILES string of the molecule is CCn1c2ccccc2c2cc([C@@H](N)CC#N)ccc21.Cl. The molecular formula is C17H18ClN3. The van der Waals surface area contributed by atoms with E-state index in [9.17, 15) is 0 Å². The molecule has 3 rings (SSSR count).